The summed E-state index contributed by atoms with van der Waals surface area (Å²) < 4.78 is 1.72. The molecule has 2 aromatic rings. The molecule has 1 aromatic heterocycles. The molecule has 3 rings (SSSR count). The molecule has 0 spiro atoms. The van der Waals surface area contributed by atoms with Gasteiger partial charge in [-0.1, -0.05) is 18.2 Å². The van der Waals surface area contributed by atoms with Crippen molar-refractivity contribution >= 4 is 17.5 Å². The van der Waals surface area contributed by atoms with E-state index in [-0.39, 0.29) is 17.7 Å². The van der Waals surface area contributed by atoms with Crippen molar-refractivity contribution in [2.24, 2.45) is 13.0 Å². The molecular weight excluding hydrogens is 304 g/mol. The van der Waals surface area contributed by atoms with Gasteiger partial charge in [0.15, 0.2) is 0 Å². The summed E-state index contributed by atoms with van der Waals surface area (Å²) in [5.74, 6) is -0.0856. The molecule has 1 N–H and O–H groups in total. The summed E-state index contributed by atoms with van der Waals surface area (Å²) in [5.41, 5.74) is 3.02. The molecule has 2 heterocycles. The van der Waals surface area contributed by atoms with Gasteiger partial charge in [0.05, 0.1) is 6.20 Å². The van der Waals surface area contributed by atoms with E-state index < -0.39 is 0 Å². The van der Waals surface area contributed by atoms with E-state index in [1.165, 1.54) is 0 Å². The fourth-order valence-electron chi connectivity index (χ4n) is 3.05. The fraction of sp³-hybridized carbons (Fsp3) is 0.389. The Balaban J connectivity index is 1.53. The Kier molecular flexibility index (Phi) is 4.64. The highest BCUT2D eigenvalue weighted by Crippen LogP contribution is 2.27. The van der Waals surface area contributed by atoms with Crippen LogP contribution < -0.4 is 5.32 Å². The molecule has 126 valence electrons. The maximum atomic E-state index is 12.3. The van der Waals surface area contributed by atoms with Gasteiger partial charge in [0.2, 0.25) is 11.8 Å². The van der Waals surface area contributed by atoms with E-state index in [1.54, 1.807) is 22.8 Å². The summed E-state index contributed by atoms with van der Waals surface area (Å²) in [6.07, 6.45) is 5.29. The van der Waals surface area contributed by atoms with Crippen molar-refractivity contribution in [1.82, 2.24) is 14.7 Å². The van der Waals surface area contributed by atoms with Crippen molar-refractivity contribution in [3.8, 4) is 0 Å². The van der Waals surface area contributed by atoms with E-state index in [9.17, 15) is 9.59 Å². The molecule has 0 saturated heterocycles. The maximum Gasteiger partial charge on any atom is 0.227 e. The Hall–Kier alpha value is -2.63. The van der Waals surface area contributed by atoms with Crippen LogP contribution in [0.15, 0.2) is 36.7 Å². The van der Waals surface area contributed by atoms with Gasteiger partial charge in [-0.3, -0.25) is 14.3 Å². The lowest BCUT2D eigenvalue weighted by Gasteiger charge is -2.25. The van der Waals surface area contributed by atoms with Gasteiger partial charge < -0.3 is 10.2 Å². The summed E-state index contributed by atoms with van der Waals surface area (Å²) in [4.78, 5) is 26.2. The molecule has 0 saturated carbocycles. The number of carbonyl (C=O) groups excluding carboxylic acids is 2. The van der Waals surface area contributed by atoms with Gasteiger partial charge in [0.25, 0.3) is 0 Å². The number of fused-ring (bicyclic) bond motifs is 1. The monoisotopic (exact) mass is 326 g/mol. The quantitative estimate of drug-likeness (QED) is 0.913. The summed E-state index contributed by atoms with van der Waals surface area (Å²) in [7, 11) is 3.64. The Morgan fingerprint density at radius 3 is 2.96 bits per heavy atom. The minimum Gasteiger partial charge on any atom is -0.341 e. The lowest BCUT2D eigenvalue weighted by atomic mass is 9.89. The number of carbonyl (C=O) groups is 2. The van der Waals surface area contributed by atoms with Crippen molar-refractivity contribution in [2.45, 2.75) is 25.8 Å². The number of aryl methyl sites for hydroxylation is 1. The number of hydrogen-bond donors (Lipinski definition) is 1. The molecule has 1 aliphatic heterocycles. The highest BCUT2D eigenvalue weighted by atomic mass is 16.2. The van der Waals surface area contributed by atoms with Gasteiger partial charge in [-0.15, -0.1) is 0 Å². The van der Waals surface area contributed by atoms with Gasteiger partial charge in [-0.25, -0.2) is 0 Å². The van der Waals surface area contributed by atoms with E-state index in [1.807, 2.05) is 37.5 Å². The number of anilines is 1. The predicted molar refractivity (Wildman–Crippen MR) is 91.2 cm³/mol. The number of hydrogen-bond acceptors (Lipinski definition) is 3. The molecule has 1 aliphatic rings. The number of rotatable bonds is 5. The van der Waals surface area contributed by atoms with E-state index in [2.05, 4.69) is 10.4 Å². The SMILES string of the molecule is CN(Cc1cnn(C)c1)C(=O)CC[C@H]1Cc2ccccc2NC1=O. The summed E-state index contributed by atoms with van der Waals surface area (Å²) in [6.45, 7) is 0.534. The van der Waals surface area contributed by atoms with Crippen molar-refractivity contribution in [3.63, 3.8) is 0 Å². The maximum absolute atomic E-state index is 12.3. The van der Waals surface area contributed by atoms with Crippen molar-refractivity contribution in [3.05, 3.63) is 47.8 Å². The summed E-state index contributed by atoms with van der Waals surface area (Å²) >= 11 is 0. The molecule has 0 bridgehead atoms. The van der Waals surface area contributed by atoms with Crippen LogP contribution in [0.1, 0.15) is 24.0 Å². The smallest absolute Gasteiger partial charge is 0.227 e. The van der Waals surface area contributed by atoms with Gasteiger partial charge in [0, 0.05) is 50.4 Å². The molecule has 0 radical (unpaired) electrons. The zero-order chi connectivity index (χ0) is 17.1. The van der Waals surface area contributed by atoms with Gasteiger partial charge in [-0.05, 0) is 24.5 Å². The van der Waals surface area contributed by atoms with Crippen LogP contribution in [0.25, 0.3) is 0 Å². The van der Waals surface area contributed by atoms with E-state index >= 15 is 0 Å². The minimum absolute atomic E-state index is 0.0106. The zero-order valence-corrected chi connectivity index (χ0v) is 14.0. The van der Waals surface area contributed by atoms with Crippen LogP contribution in [0.3, 0.4) is 0 Å². The van der Waals surface area contributed by atoms with E-state index in [4.69, 9.17) is 0 Å². The summed E-state index contributed by atoms with van der Waals surface area (Å²) in [6, 6.07) is 7.82. The first kappa shape index (κ1) is 16.2. The van der Waals surface area contributed by atoms with Crippen LogP contribution in [0.5, 0.6) is 0 Å². The first-order valence-corrected chi connectivity index (χ1v) is 8.13. The van der Waals surface area contributed by atoms with E-state index in [0.29, 0.717) is 25.8 Å². The van der Waals surface area contributed by atoms with Crippen LogP contribution in [-0.4, -0.2) is 33.5 Å². The number of nitrogens with zero attached hydrogens (tertiary/aromatic N) is 3. The standard InChI is InChI=1S/C18H22N4O2/c1-21(11-13-10-19-22(2)12-13)17(23)8-7-15-9-14-5-3-4-6-16(14)20-18(15)24/h3-6,10,12,15H,7-9,11H2,1-2H3,(H,20,24)/t15-/m0/s1. The molecule has 6 heteroatoms. The fourth-order valence-corrected chi connectivity index (χ4v) is 3.05. The summed E-state index contributed by atoms with van der Waals surface area (Å²) in [5, 5.41) is 7.04. The number of nitrogens with one attached hydrogen (secondary N) is 1. The number of benzene rings is 1. The minimum atomic E-state index is -0.143. The molecule has 24 heavy (non-hydrogen) atoms. The molecule has 0 fully saturated rings. The Bertz CT molecular complexity index is 753. The molecule has 2 amide bonds. The molecule has 1 atom stereocenters. The van der Waals surface area contributed by atoms with Crippen molar-refractivity contribution in [1.29, 1.82) is 0 Å². The second kappa shape index (κ2) is 6.86. The van der Waals surface area contributed by atoms with Crippen LogP contribution in [0.4, 0.5) is 5.69 Å². The number of aromatic nitrogens is 2. The first-order chi connectivity index (χ1) is 11.5. The average molecular weight is 326 g/mol. The van der Waals surface area contributed by atoms with Crippen molar-refractivity contribution in [2.75, 3.05) is 12.4 Å². The van der Waals surface area contributed by atoms with Crippen molar-refractivity contribution < 1.29 is 9.59 Å². The Morgan fingerprint density at radius 2 is 2.21 bits per heavy atom. The normalized spacial score (nSPS) is 16.4. The predicted octanol–water partition coefficient (Wildman–Crippen LogP) is 1.97. The number of amides is 2. The zero-order valence-electron chi connectivity index (χ0n) is 14.0. The van der Waals surface area contributed by atoms with Crippen LogP contribution >= 0.6 is 0 Å². The number of para-hydroxylation sites is 1. The molecule has 6 nitrogen and oxygen atoms in total. The first-order valence-electron chi connectivity index (χ1n) is 8.13. The second-order valence-corrected chi connectivity index (χ2v) is 6.36. The highest BCUT2D eigenvalue weighted by molar-refractivity contribution is 5.96. The largest absolute Gasteiger partial charge is 0.341 e. The molecular formula is C18H22N4O2. The van der Waals surface area contributed by atoms with Crippen LogP contribution in [0, 0.1) is 5.92 Å². The lowest BCUT2D eigenvalue weighted by molar-refractivity contribution is -0.131. The van der Waals surface area contributed by atoms with Gasteiger partial charge >= 0.3 is 0 Å². The third-order valence-electron chi connectivity index (χ3n) is 4.42. The van der Waals surface area contributed by atoms with Gasteiger partial charge in [-0.2, -0.15) is 5.10 Å². The van der Waals surface area contributed by atoms with Gasteiger partial charge in [0.1, 0.15) is 0 Å². The topological polar surface area (TPSA) is 67.2 Å². The lowest BCUT2D eigenvalue weighted by Crippen LogP contribution is -2.32. The van der Waals surface area contributed by atoms with Crippen LogP contribution in [0.2, 0.25) is 0 Å². The highest BCUT2D eigenvalue weighted by Gasteiger charge is 2.26. The third kappa shape index (κ3) is 3.64. The van der Waals surface area contributed by atoms with E-state index in [0.717, 1.165) is 16.8 Å². The average Bonchev–Trinajstić information content (AvgIpc) is 2.97. The second-order valence-electron chi connectivity index (χ2n) is 6.36. The molecule has 0 aliphatic carbocycles. The Labute approximate surface area is 141 Å². The Morgan fingerprint density at radius 1 is 1.42 bits per heavy atom. The molecule has 1 aromatic carbocycles. The third-order valence-corrected chi connectivity index (χ3v) is 4.42. The molecule has 0 unspecified atom stereocenters. The van der Waals surface area contributed by atoms with Crippen LogP contribution in [-0.2, 0) is 29.6 Å².